The van der Waals surface area contributed by atoms with Gasteiger partial charge in [0, 0.05) is 26.8 Å². The Balaban J connectivity index is 1.42. The minimum atomic E-state index is -0.319. The van der Waals surface area contributed by atoms with Crippen molar-refractivity contribution in [1.82, 2.24) is 20.1 Å². The van der Waals surface area contributed by atoms with Crippen molar-refractivity contribution >= 4 is 11.9 Å². The average molecular weight is 381 g/mol. The maximum absolute atomic E-state index is 12.3. The molecule has 1 atom stereocenters. The predicted molar refractivity (Wildman–Crippen MR) is 103 cm³/mol. The van der Waals surface area contributed by atoms with Crippen LogP contribution in [0.5, 0.6) is 0 Å². The van der Waals surface area contributed by atoms with Gasteiger partial charge < -0.3 is 19.4 Å². The first-order chi connectivity index (χ1) is 13.6. The number of carbonyl (C=O) groups excluding carboxylic acids is 1. The molecule has 28 heavy (non-hydrogen) atoms. The van der Waals surface area contributed by atoms with Crippen LogP contribution in [-0.4, -0.2) is 47.9 Å². The van der Waals surface area contributed by atoms with Crippen LogP contribution in [0, 0.1) is 0 Å². The fourth-order valence-electron chi connectivity index (χ4n) is 3.19. The smallest absolute Gasteiger partial charge is 0.297 e. The maximum atomic E-state index is 12.3. The Morgan fingerprint density at radius 1 is 1.32 bits per heavy atom. The molecule has 3 heterocycles. The van der Waals surface area contributed by atoms with E-state index in [1.807, 2.05) is 22.9 Å². The first kappa shape index (κ1) is 18.2. The molecular weight excluding hydrogens is 358 g/mol. The van der Waals surface area contributed by atoms with E-state index in [9.17, 15) is 4.79 Å². The van der Waals surface area contributed by atoms with E-state index in [-0.39, 0.29) is 17.8 Å². The van der Waals surface area contributed by atoms with Crippen LogP contribution in [0.2, 0.25) is 0 Å². The highest BCUT2D eigenvalue weighted by Gasteiger charge is 2.26. The normalized spacial score (nSPS) is 15.9. The number of nitrogens with one attached hydrogen (secondary N) is 1. The van der Waals surface area contributed by atoms with Gasteiger partial charge in [-0.05, 0) is 17.5 Å². The third kappa shape index (κ3) is 3.91. The van der Waals surface area contributed by atoms with E-state index in [1.54, 1.807) is 19.0 Å². The number of oxazole rings is 1. The van der Waals surface area contributed by atoms with Gasteiger partial charge in [-0.2, -0.15) is 5.10 Å². The van der Waals surface area contributed by atoms with Gasteiger partial charge in [-0.1, -0.05) is 30.3 Å². The molecule has 1 aliphatic rings. The summed E-state index contributed by atoms with van der Waals surface area (Å²) >= 11 is 0. The molecule has 0 bridgehead atoms. The molecule has 1 aromatic carbocycles. The van der Waals surface area contributed by atoms with E-state index in [0.29, 0.717) is 25.7 Å². The van der Waals surface area contributed by atoms with Crippen LogP contribution in [0.15, 0.2) is 47.1 Å². The van der Waals surface area contributed by atoms with Crippen molar-refractivity contribution in [3.63, 3.8) is 0 Å². The molecule has 1 amide bonds. The van der Waals surface area contributed by atoms with Crippen LogP contribution in [0.1, 0.15) is 33.5 Å². The lowest BCUT2D eigenvalue weighted by Crippen LogP contribution is -2.31. The number of hydrogen-bond acceptors (Lipinski definition) is 6. The van der Waals surface area contributed by atoms with Crippen LogP contribution in [0.25, 0.3) is 0 Å². The molecule has 0 aliphatic carbocycles. The van der Waals surface area contributed by atoms with Gasteiger partial charge in [-0.15, -0.1) is 0 Å². The molecule has 0 saturated carbocycles. The van der Waals surface area contributed by atoms with Gasteiger partial charge in [-0.3, -0.25) is 9.48 Å². The van der Waals surface area contributed by atoms with Gasteiger partial charge in [0.2, 0.25) is 5.76 Å². The van der Waals surface area contributed by atoms with Gasteiger partial charge >= 0.3 is 0 Å². The summed E-state index contributed by atoms with van der Waals surface area (Å²) in [6.45, 7) is 1.64. The number of aromatic nitrogens is 3. The van der Waals surface area contributed by atoms with E-state index < -0.39 is 0 Å². The van der Waals surface area contributed by atoms with E-state index in [0.717, 1.165) is 17.7 Å². The van der Waals surface area contributed by atoms with E-state index in [4.69, 9.17) is 14.3 Å². The SMILES string of the molecule is CN(C)c1ncc(C(=O)NCC2OCCc3cn(Cc4ccccc4)nc32)o1. The van der Waals surface area contributed by atoms with E-state index in [1.165, 1.54) is 11.8 Å². The van der Waals surface area contributed by atoms with Crippen molar-refractivity contribution in [2.75, 3.05) is 32.1 Å². The Morgan fingerprint density at radius 2 is 2.14 bits per heavy atom. The molecule has 2 aromatic heterocycles. The summed E-state index contributed by atoms with van der Waals surface area (Å²) in [5, 5.41) is 7.56. The molecule has 0 spiro atoms. The van der Waals surface area contributed by atoms with Crippen molar-refractivity contribution in [2.45, 2.75) is 19.1 Å². The molecule has 1 aliphatic heterocycles. The summed E-state index contributed by atoms with van der Waals surface area (Å²) in [4.78, 5) is 18.1. The topological polar surface area (TPSA) is 85.4 Å². The molecule has 3 aromatic rings. The summed E-state index contributed by atoms with van der Waals surface area (Å²) in [5.74, 6) is -0.144. The van der Waals surface area contributed by atoms with Crippen LogP contribution in [0.3, 0.4) is 0 Å². The Bertz CT molecular complexity index is 948. The number of benzene rings is 1. The first-order valence-corrected chi connectivity index (χ1v) is 9.23. The highest BCUT2D eigenvalue weighted by atomic mass is 16.5. The van der Waals surface area contributed by atoms with Gasteiger partial charge in [0.1, 0.15) is 6.10 Å². The number of amides is 1. The summed E-state index contributed by atoms with van der Waals surface area (Å²) < 4.78 is 13.2. The van der Waals surface area contributed by atoms with Crippen molar-refractivity contribution in [3.05, 3.63) is 65.3 Å². The van der Waals surface area contributed by atoms with Crippen LogP contribution >= 0.6 is 0 Å². The second kappa shape index (κ2) is 7.85. The van der Waals surface area contributed by atoms with Crippen LogP contribution in [-0.2, 0) is 17.7 Å². The molecular formula is C20H23N5O3. The van der Waals surface area contributed by atoms with Gasteiger partial charge in [-0.25, -0.2) is 4.98 Å². The molecule has 146 valence electrons. The lowest BCUT2D eigenvalue weighted by atomic mass is 10.1. The highest BCUT2D eigenvalue weighted by Crippen LogP contribution is 2.25. The lowest BCUT2D eigenvalue weighted by Gasteiger charge is -2.21. The first-order valence-electron chi connectivity index (χ1n) is 9.23. The Kier molecular flexibility index (Phi) is 5.12. The number of carbonyl (C=O) groups is 1. The zero-order chi connectivity index (χ0) is 19.5. The summed E-state index contributed by atoms with van der Waals surface area (Å²) in [7, 11) is 3.60. The fraction of sp³-hybridized carbons (Fsp3) is 0.350. The minimum absolute atomic E-state index is 0.175. The number of rotatable bonds is 6. The molecule has 1 N–H and O–H groups in total. The number of nitrogens with zero attached hydrogens (tertiary/aromatic N) is 4. The molecule has 0 radical (unpaired) electrons. The van der Waals surface area contributed by atoms with E-state index >= 15 is 0 Å². The summed E-state index contributed by atoms with van der Waals surface area (Å²) in [6, 6.07) is 10.6. The molecule has 8 heteroatoms. The zero-order valence-electron chi connectivity index (χ0n) is 16.0. The molecule has 1 unspecified atom stereocenters. The largest absolute Gasteiger partial charge is 0.418 e. The Hall–Kier alpha value is -3.13. The predicted octanol–water partition coefficient (Wildman–Crippen LogP) is 2.03. The van der Waals surface area contributed by atoms with Gasteiger partial charge in [0.25, 0.3) is 11.9 Å². The monoisotopic (exact) mass is 381 g/mol. The average Bonchev–Trinajstić information content (AvgIpc) is 3.34. The molecule has 0 fully saturated rings. The maximum Gasteiger partial charge on any atom is 0.297 e. The van der Waals surface area contributed by atoms with Crippen molar-refractivity contribution in [1.29, 1.82) is 0 Å². The lowest BCUT2D eigenvalue weighted by molar-refractivity contribution is 0.0380. The number of hydrogen-bond donors (Lipinski definition) is 1. The van der Waals surface area contributed by atoms with Gasteiger partial charge in [0.15, 0.2) is 0 Å². The molecule has 4 rings (SSSR count). The van der Waals surface area contributed by atoms with Crippen LogP contribution < -0.4 is 10.2 Å². The highest BCUT2D eigenvalue weighted by molar-refractivity contribution is 5.91. The van der Waals surface area contributed by atoms with Crippen molar-refractivity contribution in [3.8, 4) is 0 Å². The van der Waals surface area contributed by atoms with E-state index in [2.05, 4.69) is 28.6 Å². The summed E-state index contributed by atoms with van der Waals surface area (Å²) in [6.07, 6.45) is 4.04. The third-order valence-electron chi connectivity index (χ3n) is 4.60. The number of anilines is 1. The second-order valence-corrected chi connectivity index (χ2v) is 6.94. The molecule has 8 nitrogen and oxygen atoms in total. The minimum Gasteiger partial charge on any atom is -0.418 e. The summed E-state index contributed by atoms with van der Waals surface area (Å²) in [5.41, 5.74) is 3.24. The van der Waals surface area contributed by atoms with Crippen molar-refractivity contribution < 1.29 is 13.9 Å². The quantitative estimate of drug-likeness (QED) is 0.703. The van der Waals surface area contributed by atoms with Gasteiger partial charge in [0.05, 0.1) is 25.0 Å². The third-order valence-corrected chi connectivity index (χ3v) is 4.60. The fourth-order valence-corrected chi connectivity index (χ4v) is 3.19. The zero-order valence-corrected chi connectivity index (χ0v) is 16.0. The molecule has 0 saturated heterocycles. The number of fused-ring (bicyclic) bond motifs is 1. The van der Waals surface area contributed by atoms with Crippen molar-refractivity contribution in [2.24, 2.45) is 0 Å². The van der Waals surface area contributed by atoms with Crippen LogP contribution in [0.4, 0.5) is 6.01 Å². The number of ether oxygens (including phenoxy) is 1. The second-order valence-electron chi connectivity index (χ2n) is 6.94. The Morgan fingerprint density at radius 3 is 2.89 bits per heavy atom. The standard InChI is InChI=1S/C20H23N5O3/c1-24(2)20-22-11-17(28-20)19(26)21-10-16-18-15(8-9-27-16)13-25(23-18)12-14-6-4-3-5-7-14/h3-7,11,13,16H,8-10,12H2,1-2H3,(H,21,26). The Labute approximate surface area is 163 Å².